The summed E-state index contributed by atoms with van der Waals surface area (Å²) in [6, 6.07) is 11.2. The van der Waals surface area contributed by atoms with Gasteiger partial charge in [0.1, 0.15) is 0 Å². The van der Waals surface area contributed by atoms with Crippen molar-refractivity contribution in [3.05, 3.63) is 65.5 Å². The van der Waals surface area contributed by atoms with Crippen LogP contribution in [0, 0.1) is 12.8 Å². The number of fused-ring (bicyclic) bond motifs is 1. The van der Waals surface area contributed by atoms with Crippen molar-refractivity contribution in [2.24, 2.45) is 5.92 Å². The van der Waals surface area contributed by atoms with Gasteiger partial charge in [0.15, 0.2) is 0 Å². The quantitative estimate of drug-likeness (QED) is 0.564. The molecule has 0 spiro atoms. The predicted octanol–water partition coefficient (Wildman–Crippen LogP) is 4.08. The van der Waals surface area contributed by atoms with E-state index >= 15 is 0 Å². The molecule has 0 N–H and O–H groups in total. The first kappa shape index (κ1) is 23.1. The maximum atomic E-state index is 13.2. The lowest BCUT2D eigenvalue weighted by molar-refractivity contribution is 0.0699. The Bertz CT molecular complexity index is 1280. The number of pyridine rings is 1. The van der Waals surface area contributed by atoms with Gasteiger partial charge in [0.25, 0.3) is 5.91 Å². The number of carbonyl (C=O) groups excluding carboxylic acids is 1. The Hall–Kier alpha value is -2.71. The SMILES string of the molecule is Cc1ccc(S(=O)(=O)N2CCC(c3ccn4ncc(C(=O)N5CCC(C)CC5)c4c3)CC2)cc1. The molecule has 1 aromatic carbocycles. The summed E-state index contributed by atoms with van der Waals surface area (Å²) in [5, 5.41) is 4.40. The molecule has 0 saturated carbocycles. The highest BCUT2D eigenvalue weighted by Crippen LogP contribution is 2.32. The molecule has 2 aliphatic rings. The topological polar surface area (TPSA) is 75.0 Å². The van der Waals surface area contributed by atoms with Gasteiger partial charge in [-0.05, 0) is 74.3 Å². The van der Waals surface area contributed by atoms with E-state index in [9.17, 15) is 13.2 Å². The van der Waals surface area contributed by atoms with Crippen molar-refractivity contribution in [1.29, 1.82) is 0 Å². The van der Waals surface area contributed by atoms with Crippen molar-refractivity contribution in [2.75, 3.05) is 26.2 Å². The number of nitrogens with zero attached hydrogens (tertiary/aromatic N) is 4. The lowest BCUT2D eigenvalue weighted by Crippen LogP contribution is -2.38. The first-order valence-corrected chi connectivity index (χ1v) is 13.6. The summed E-state index contributed by atoms with van der Waals surface area (Å²) >= 11 is 0. The Kier molecular flexibility index (Phi) is 6.20. The fourth-order valence-electron chi connectivity index (χ4n) is 5.09. The second kappa shape index (κ2) is 9.15. The molecule has 0 aliphatic carbocycles. The number of aromatic nitrogens is 2. The molecule has 1 amide bonds. The third-order valence-electron chi connectivity index (χ3n) is 7.43. The smallest absolute Gasteiger partial charge is 0.257 e. The summed E-state index contributed by atoms with van der Waals surface area (Å²) in [6.45, 7) is 6.76. The van der Waals surface area contributed by atoms with Crippen LogP contribution in [0.25, 0.3) is 5.52 Å². The van der Waals surface area contributed by atoms with Crippen molar-refractivity contribution >= 4 is 21.4 Å². The second-order valence-electron chi connectivity index (χ2n) is 9.81. The molecular weight excluding hydrogens is 448 g/mol. The van der Waals surface area contributed by atoms with Gasteiger partial charge in [-0.25, -0.2) is 12.9 Å². The normalized spacial score (nSPS) is 19.1. The second-order valence-corrected chi connectivity index (χ2v) is 11.8. The monoisotopic (exact) mass is 480 g/mol. The highest BCUT2D eigenvalue weighted by molar-refractivity contribution is 7.89. The first-order chi connectivity index (χ1) is 16.3. The maximum absolute atomic E-state index is 13.2. The van der Waals surface area contributed by atoms with Crippen molar-refractivity contribution in [3.8, 4) is 0 Å². The van der Waals surface area contributed by atoms with Crippen LogP contribution in [0.4, 0.5) is 0 Å². The van der Waals surface area contributed by atoms with Crippen molar-refractivity contribution in [1.82, 2.24) is 18.8 Å². The van der Waals surface area contributed by atoms with Crippen LogP contribution in [-0.2, 0) is 10.0 Å². The number of hydrogen-bond acceptors (Lipinski definition) is 4. The number of likely N-dealkylation sites (tertiary alicyclic amines) is 1. The number of sulfonamides is 1. The summed E-state index contributed by atoms with van der Waals surface area (Å²) in [4.78, 5) is 15.5. The third kappa shape index (κ3) is 4.36. The molecule has 2 fully saturated rings. The molecule has 2 aromatic heterocycles. The van der Waals surface area contributed by atoms with Crippen LogP contribution in [-0.4, -0.2) is 59.3 Å². The minimum absolute atomic E-state index is 0.0538. The molecule has 7 nitrogen and oxygen atoms in total. The van der Waals surface area contributed by atoms with Crippen LogP contribution in [0.15, 0.2) is 53.7 Å². The number of benzene rings is 1. The summed E-state index contributed by atoms with van der Waals surface area (Å²) in [5.41, 5.74) is 3.66. The van der Waals surface area contributed by atoms with Crippen molar-refractivity contribution in [2.45, 2.75) is 50.3 Å². The molecule has 3 aromatic rings. The molecule has 34 heavy (non-hydrogen) atoms. The van der Waals surface area contributed by atoms with Crippen LogP contribution in [0.2, 0.25) is 0 Å². The zero-order valence-corrected chi connectivity index (χ0v) is 20.7. The Labute approximate surface area is 201 Å². The molecule has 2 saturated heterocycles. The van der Waals surface area contributed by atoms with Gasteiger partial charge in [-0.1, -0.05) is 24.6 Å². The average Bonchev–Trinajstić information content (AvgIpc) is 3.28. The Morgan fingerprint density at radius 3 is 2.32 bits per heavy atom. The first-order valence-electron chi connectivity index (χ1n) is 12.2. The number of amides is 1. The fraction of sp³-hybridized carbons (Fsp3) is 0.462. The van der Waals surface area contributed by atoms with Crippen LogP contribution < -0.4 is 0 Å². The van der Waals surface area contributed by atoms with Crippen LogP contribution in [0.3, 0.4) is 0 Å². The van der Waals surface area contributed by atoms with Crippen LogP contribution >= 0.6 is 0 Å². The van der Waals surface area contributed by atoms with Crippen molar-refractivity contribution in [3.63, 3.8) is 0 Å². The molecule has 0 atom stereocenters. The van der Waals surface area contributed by atoms with Gasteiger partial charge < -0.3 is 4.90 Å². The number of rotatable bonds is 4. The number of carbonyl (C=O) groups is 1. The van der Waals surface area contributed by atoms with E-state index in [0.29, 0.717) is 29.5 Å². The zero-order chi connectivity index (χ0) is 23.9. The zero-order valence-electron chi connectivity index (χ0n) is 19.9. The highest BCUT2D eigenvalue weighted by Gasteiger charge is 2.30. The molecule has 0 radical (unpaired) electrons. The van der Waals surface area contributed by atoms with Gasteiger partial charge in [0.05, 0.1) is 22.2 Å². The number of piperidine rings is 2. The predicted molar refractivity (Wildman–Crippen MR) is 131 cm³/mol. The van der Waals surface area contributed by atoms with E-state index in [-0.39, 0.29) is 11.8 Å². The summed E-state index contributed by atoms with van der Waals surface area (Å²) in [6.07, 6.45) is 7.18. The van der Waals surface area contributed by atoms with Gasteiger partial charge in [0.2, 0.25) is 10.0 Å². The number of aryl methyl sites for hydroxylation is 1. The van der Waals surface area contributed by atoms with Crippen molar-refractivity contribution < 1.29 is 13.2 Å². The highest BCUT2D eigenvalue weighted by atomic mass is 32.2. The van der Waals surface area contributed by atoms with Gasteiger partial charge >= 0.3 is 0 Å². The standard InChI is InChI=1S/C26H32N4O3S/c1-19-3-5-23(6-4-19)34(32,33)29-14-9-21(10-15-29)22-11-16-30-25(17-22)24(18-27-30)26(31)28-12-7-20(2)8-13-28/h3-6,11,16-18,20-21H,7-10,12-15H2,1-2H3. The third-order valence-corrected chi connectivity index (χ3v) is 9.34. The minimum Gasteiger partial charge on any atom is -0.339 e. The number of hydrogen-bond donors (Lipinski definition) is 0. The molecule has 4 heterocycles. The Morgan fingerprint density at radius 1 is 0.971 bits per heavy atom. The summed E-state index contributed by atoms with van der Waals surface area (Å²) < 4.78 is 29.4. The molecule has 0 bridgehead atoms. The lowest BCUT2D eigenvalue weighted by atomic mass is 9.90. The fourth-order valence-corrected chi connectivity index (χ4v) is 6.56. The maximum Gasteiger partial charge on any atom is 0.257 e. The van der Waals surface area contributed by atoms with Gasteiger partial charge in [-0.3, -0.25) is 4.79 Å². The van der Waals surface area contributed by atoms with E-state index in [2.05, 4.69) is 18.1 Å². The summed E-state index contributed by atoms with van der Waals surface area (Å²) in [7, 11) is -3.48. The lowest BCUT2D eigenvalue weighted by Gasteiger charge is -2.31. The van der Waals surface area contributed by atoms with Gasteiger partial charge in [0, 0.05) is 32.4 Å². The molecule has 180 valence electrons. The van der Waals surface area contributed by atoms with Crippen LogP contribution in [0.1, 0.15) is 60.0 Å². The van der Waals surface area contributed by atoms with Gasteiger partial charge in [-0.15, -0.1) is 0 Å². The van der Waals surface area contributed by atoms with Gasteiger partial charge in [-0.2, -0.15) is 9.40 Å². The van der Waals surface area contributed by atoms with E-state index in [0.717, 1.165) is 55.4 Å². The van der Waals surface area contributed by atoms with Crippen LogP contribution in [0.5, 0.6) is 0 Å². The molecule has 2 aliphatic heterocycles. The molecule has 8 heteroatoms. The molecule has 0 unspecified atom stereocenters. The summed E-state index contributed by atoms with van der Waals surface area (Å²) in [5.74, 6) is 0.974. The van der Waals surface area contributed by atoms with E-state index in [4.69, 9.17) is 0 Å². The molecule has 5 rings (SSSR count). The largest absolute Gasteiger partial charge is 0.339 e. The molecular formula is C26H32N4O3S. The Morgan fingerprint density at radius 2 is 1.65 bits per heavy atom. The average molecular weight is 481 g/mol. The van der Waals surface area contributed by atoms with E-state index in [1.807, 2.05) is 36.2 Å². The minimum atomic E-state index is -3.48. The Balaban J connectivity index is 1.31. The van der Waals surface area contributed by atoms with E-state index < -0.39 is 10.0 Å². The van der Waals surface area contributed by atoms with E-state index in [1.54, 1.807) is 27.2 Å². The van der Waals surface area contributed by atoms with E-state index in [1.165, 1.54) is 0 Å².